The highest BCUT2D eigenvalue weighted by molar-refractivity contribution is 5.35. The summed E-state index contributed by atoms with van der Waals surface area (Å²) in [5, 5.41) is 3.57. The summed E-state index contributed by atoms with van der Waals surface area (Å²) in [6.45, 7) is 6.50. The summed E-state index contributed by atoms with van der Waals surface area (Å²) >= 11 is 0. The minimum absolute atomic E-state index is 0.573. The van der Waals surface area contributed by atoms with Crippen LogP contribution in [0.5, 0.6) is 5.75 Å². The molecule has 1 fully saturated rings. The fourth-order valence-corrected chi connectivity index (χ4v) is 2.72. The monoisotopic (exact) mass is 261 g/mol. The molecular formula is C17H27NO. The summed E-state index contributed by atoms with van der Waals surface area (Å²) < 4.78 is 6.02. The maximum Gasteiger partial charge on any atom is 0.122 e. The van der Waals surface area contributed by atoms with E-state index in [0.29, 0.717) is 12.0 Å². The lowest BCUT2D eigenvalue weighted by Crippen LogP contribution is -2.35. The molecule has 1 aliphatic rings. The lowest BCUT2D eigenvalue weighted by atomic mass is 9.98. The van der Waals surface area contributed by atoms with E-state index in [1.165, 1.54) is 31.4 Å². The molecule has 2 rings (SSSR count). The van der Waals surface area contributed by atoms with E-state index in [1.54, 1.807) is 0 Å². The molecule has 1 aliphatic heterocycles. The van der Waals surface area contributed by atoms with Crippen molar-refractivity contribution in [2.24, 2.45) is 0 Å². The van der Waals surface area contributed by atoms with Crippen molar-refractivity contribution in [3.8, 4) is 5.75 Å². The molecule has 2 heteroatoms. The molecule has 0 aliphatic carbocycles. The lowest BCUT2D eigenvalue weighted by Gasteiger charge is -2.24. The molecule has 2 atom stereocenters. The van der Waals surface area contributed by atoms with Gasteiger partial charge in [-0.2, -0.15) is 0 Å². The SMILES string of the molecule is CCC(C)c1ccccc1OCCC1CCCCN1. The fraction of sp³-hybridized carbons (Fsp3) is 0.647. The van der Waals surface area contributed by atoms with Crippen LogP contribution in [0.25, 0.3) is 0 Å². The molecule has 19 heavy (non-hydrogen) atoms. The Labute approximate surface area is 117 Å². The average Bonchev–Trinajstić information content (AvgIpc) is 2.48. The van der Waals surface area contributed by atoms with Crippen LogP contribution < -0.4 is 10.1 Å². The molecular weight excluding hydrogens is 234 g/mol. The van der Waals surface area contributed by atoms with Crippen molar-refractivity contribution in [3.05, 3.63) is 29.8 Å². The predicted octanol–water partition coefficient (Wildman–Crippen LogP) is 4.11. The highest BCUT2D eigenvalue weighted by Crippen LogP contribution is 2.28. The molecule has 106 valence electrons. The molecule has 1 N–H and O–H groups in total. The maximum absolute atomic E-state index is 6.02. The van der Waals surface area contributed by atoms with E-state index in [9.17, 15) is 0 Å². The molecule has 0 aromatic heterocycles. The molecule has 1 saturated heterocycles. The first-order valence-corrected chi connectivity index (χ1v) is 7.76. The second-order valence-corrected chi connectivity index (χ2v) is 5.63. The molecule has 0 radical (unpaired) electrons. The van der Waals surface area contributed by atoms with Crippen LogP contribution in [0.1, 0.15) is 57.4 Å². The summed E-state index contributed by atoms with van der Waals surface area (Å²) in [6, 6.07) is 9.14. The maximum atomic E-state index is 6.02. The minimum atomic E-state index is 0.573. The van der Waals surface area contributed by atoms with Crippen molar-refractivity contribution < 1.29 is 4.74 Å². The van der Waals surface area contributed by atoms with Crippen LogP contribution in [0.2, 0.25) is 0 Å². The first kappa shape index (κ1) is 14.4. The van der Waals surface area contributed by atoms with E-state index in [1.807, 2.05) is 0 Å². The van der Waals surface area contributed by atoms with Crippen molar-refractivity contribution in [3.63, 3.8) is 0 Å². The van der Waals surface area contributed by atoms with Crippen molar-refractivity contribution in [1.29, 1.82) is 0 Å². The number of piperidine rings is 1. The molecule has 2 nitrogen and oxygen atoms in total. The second kappa shape index (κ2) is 7.54. The molecule has 0 bridgehead atoms. The third-order valence-corrected chi connectivity index (χ3v) is 4.20. The highest BCUT2D eigenvalue weighted by atomic mass is 16.5. The normalized spacial score (nSPS) is 21.1. The first-order valence-electron chi connectivity index (χ1n) is 7.76. The number of para-hydroxylation sites is 1. The van der Waals surface area contributed by atoms with Crippen molar-refractivity contribution in [2.45, 2.75) is 57.9 Å². The number of nitrogens with one attached hydrogen (secondary N) is 1. The standard InChI is InChI=1S/C17H27NO/c1-3-14(2)16-9-4-5-10-17(16)19-13-11-15-8-6-7-12-18-15/h4-5,9-10,14-15,18H,3,6-8,11-13H2,1-2H3. The quantitative estimate of drug-likeness (QED) is 0.832. The second-order valence-electron chi connectivity index (χ2n) is 5.63. The van der Waals surface area contributed by atoms with Gasteiger partial charge in [-0.1, -0.05) is 38.5 Å². The number of ether oxygens (including phenoxy) is 1. The van der Waals surface area contributed by atoms with Gasteiger partial charge in [-0.25, -0.2) is 0 Å². The van der Waals surface area contributed by atoms with Crippen LogP contribution in [-0.2, 0) is 0 Å². The van der Waals surface area contributed by atoms with Crippen LogP contribution >= 0.6 is 0 Å². The van der Waals surface area contributed by atoms with E-state index in [2.05, 4.69) is 43.4 Å². The minimum Gasteiger partial charge on any atom is -0.493 e. The molecule has 0 spiro atoms. The lowest BCUT2D eigenvalue weighted by molar-refractivity contribution is 0.265. The number of hydrogen-bond acceptors (Lipinski definition) is 2. The Balaban J connectivity index is 1.84. The van der Waals surface area contributed by atoms with Gasteiger partial charge < -0.3 is 10.1 Å². The largest absolute Gasteiger partial charge is 0.493 e. The summed E-state index contributed by atoms with van der Waals surface area (Å²) in [5.74, 6) is 1.65. The molecule has 1 aromatic rings. The molecule has 1 heterocycles. The van der Waals surface area contributed by atoms with E-state index < -0.39 is 0 Å². The average molecular weight is 261 g/mol. The Morgan fingerprint density at radius 1 is 1.32 bits per heavy atom. The van der Waals surface area contributed by atoms with Gasteiger partial charge in [0.2, 0.25) is 0 Å². The van der Waals surface area contributed by atoms with Gasteiger partial charge in [0.15, 0.2) is 0 Å². The zero-order valence-electron chi connectivity index (χ0n) is 12.3. The van der Waals surface area contributed by atoms with Gasteiger partial charge in [0.1, 0.15) is 5.75 Å². The van der Waals surface area contributed by atoms with E-state index >= 15 is 0 Å². The zero-order valence-corrected chi connectivity index (χ0v) is 12.3. The van der Waals surface area contributed by atoms with Crippen LogP contribution in [0.3, 0.4) is 0 Å². The van der Waals surface area contributed by atoms with Gasteiger partial charge in [-0.3, -0.25) is 0 Å². The Morgan fingerprint density at radius 3 is 2.89 bits per heavy atom. The van der Waals surface area contributed by atoms with Gasteiger partial charge in [0.25, 0.3) is 0 Å². The summed E-state index contributed by atoms with van der Waals surface area (Å²) in [7, 11) is 0. The number of benzene rings is 1. The summed E-state index contributed by atoms with van der Waals surface area (Å²) in [4.78, 5) is 0. The Kier molecular flexibility index (Phi) is 5.71. The third-order valence-electron chi connectivity index (χ3n) is 4.20. The Bertz CT molecular complexity index is 371. The van der Waals surface area contributed by atoms with Crippen molar-refractivity contribution >= 4 is 0 Å². The van der Waals surface area contributed by atoms with Crippen LogP contribution in [0.4, 0.5) is 0 Å². The van der Waals surface area contributed by atoms with E-state index in [0.717, 1.165) is 25.2 Å². The fourth-order valence-electron chi connectivity index (χ4n) is 2.72. The number of hydrogen-bond donors (Lipinski definition) is 1. The first-order chi connectivity index (χ1) is 9.31. The van der Waals surface area contributed by atoms with Gasteiger partial charge in [-0.15, -0.1) is 0 Å². The third kappa shape index (κ3) is 4.24. The van der Waals surface area contributed by atoms with Crippen LogP contribution in [-0.4, -0.2) is 19.2 Å². The topological polar surface area (TPSA) is 21.3 Å². The van der Waals surface area contributed by atoms with Crippen molar-refractivity contribution in [1.82, 2.24) is 5.32 Å². The number of rotatable bonds is 6. The molecule has 1 aromatic carbocycles. The van der Waals surface area contributed by atoms with Gasteiger partial charge in [-0.05, 0) is 49.8 Å². The molecule has 2 unspecified atom stereocenters. The van der Waals surface area contributed by atoms with Gasteiger partial charge in [0.05, 0.1) is 6.61 Å². The van der Waals surface area contributed by atoms with Crippen LogP contribution in [0.15, 0.2) is 24.3 Å². The van der Waals surface area contributed by atoms with Crippen LogP contribution in [0, 0.1) is 0 Å². The smallest absolute Gasteiger partial charge is 0.122 e. The van der Waals surface area contributed by atoms with Crippen molar-refractivity contribution in [2.75, 3.05) is 13.2 Å². The van der Waals surface area contributed by atoms with Gasteiger partial charge in [0, 0.05) is 6.04 Å². The Hall–Kier alpha value is -1.02. The van der Waals surface area contributed by atoms with E-state index in [4.69, 9.17) is 4.74 Å². The molecule has 0 saturated carbocycles. The van der Waals surface area contributed by atoms with Gasteiger partial charge >= 0.3 is 0 Å². The summed E-state index contributed by atoms with van der Waals surface area (Å²) in [6.07, 6.45) is 6.27. The zero-order chi connectivity index (χ0) is 13.5. The highest BCUT2D eigenvalue weighted by Gasteiger charge is 2.13. The summed E-state index contributed by atoms with van der Waals surface area (Å²) in [5.41, 5.74) is 1.35. The predicted molar refractivity (Wildman–Crippen MR) is 80.9 cm³/mol. The molecule has 0 amide bonds. The van der Waals surface area contributed by atoms with E-state index in [-0.39, 0.29) is 0 Å². The Morgan fingerprint density at radius 2 is 2.16 bits per heavy atom.